The van der Waals surface area contributed by atoms with E-state index in [0.29, 0.717) is 19.4 Å². The van der Waals surface area contributed by atoms with Crippen LogP contribution in [0.1, 0.15) is 45.4 Å². The summed E-state index contributed by atoms with van der Waals surface area (Å²) in [4.78, 5) is 24.3. The molecule has 0 aromatic carbocycles. The van der Waals surface area contributed by atoms with E-state index in [-0.39, 0.29) is 24.6 Å². The summed E-state index contributed by atoms with van der Waals surface area (Å²) in [6, 6.07) is -0.122. The Bertz CT molecular complexity index is 322. The lowest BCUT2D eigenvalue weighted by molar-refractivity contribution is -0.137. The van der Waals surface area contributed by atoms with Crippen LogP contribution in [0.15, 0.2) is 0 Å². The average molecular weight is 272 g/mol. The van der Waals surface area contributed by atoms with Gasteiger partial charge in [-0.1, -0.05) is 0 Å². The van der Waals surface area contributed by atoms with Crippen LogP contribution in [0.3, 0.4) is 0 Å². The highest BCUT2D eigenvalue weighted by Crippen LogP contribution is 2.32. The molecule has 1 fully saturated rings. The molecule has 1 atom stereocenters. The van der Waals surface area contributed by atoms with Gasteiger partial charge in [-0.15, -0.1) is 0 Å². The van der Waals surface area contributed by atoms with Crippen molar-refractivity contribution in [3.05, 3.63) is 0 Å². The van der Waals surface area contributed by atoms with Crippen LogP contribution in [0.5, 0.6) is 0 Å². The number of aliphatic hydroxyl groups excluding tert-OH is 1. The predicted molar refractivity (Wildman–Crippen MR) is 70.9 cm³/mol. The fraction of sp³-hybridized carbons (Fsp3) is 0.846. The number of amides is 2. The molecule has 6 heteroatoms. The van der Waals surface area contributed by atoms with Crippen LogP contribution in [0, 0.1) is 0 Å². The second-order valence-corrected chi connectivity index (χ2v) is 5.31. The first-order valence-electron chi connectivity index (χ1n) is 6.88. The third kappa shape index (κ3) is 4.70. The molecule has 6 nitrogen and oxygen atoms in total. The normalized spacial score (nSPS) is 22.5. The minimum atomic E-state index is -0.844. The van der Waals surface area contributed by atoms with Crippen molar-refractivity contribution in [2.75, 3.05) is 19.7 Å². The van der Waals surface area contributed by atoms with Gasteiger partial charge in [-0.05, 0) is 39.0 Å². The van der Waals surface area contributed by atoms with Crippen LogP contribution < -0.4 is 5.32 Å². The molecule has 1 unspecified atom stereocenters. The van der Waals surface area contributed by atoms with Crippen LogP contribution in [0.25, 0.3) is 0 Å². The molecular formula is C13H24N2O4. The molecule has 1 saturated heterocycles. The Morgan fingerprint density at radius 3 is 2.74 bits per heavy atom. The number of hydrogen-bond acceptors (Lipinski definition) is 3. The molecule has 0 saturated carbocycles. The van der Waals surface area contributed by atoms with Crippen molar-refractivity contribution in [1.82, 2.24) is 10.2 Å². The SMILES string of the molecule is CC1(CCCO)CCCN1C(=O)NCCCC(=O)O. The monoisotopic (exact) mass is 272 g/mol. The summed E-state index contributed by atoms with van der Waals surface area (Å²) in [6.07, 6.45) is 3.94. The first-order chi connectivity index (χ1) is 8.99. The number of aliphatic carboxylic acids is 1. The first-order valence-corrected chi connectivity index (χ1v) is 6.88. The maximum absolute atomic E-state index is 12.1. The number of urea groups is 1. The van der Waals surface area contributed by atoms with Gasteiger partial charge in [-0.25, -0.2) is 4.79 Å². The maximum Gasteiger partial charge on any atom is 0.317 e. The summed E-state index contributed by atoms with van der Waals surface area (Å²) >= 11 is 0. The number of likely N-dealkylation sites (tertiary alicyclic amines) is 1. The largest absolute Gasteiger partial charge is 0.481 e. The molecule has 0 radical (unpaired) electrons. The minimum absolute atomic E-state index is 0.0715. The lowest BCUT2D eigenvalue weighted by Gasteiger charge is -2.35. The van der Waals surface area contributed by atoms with Crippen molar-refractivity contribution in [1.29, 1.82) is 0 Å². The summed E-state index contributed by atoms with van der Waals surface area (Å²) in [5.41, 5.74) is -0.181. The van der Waals surface area contributed by atoms with Gasteiger partial charge in [0.15, 0.2) is 0 Å². The van der Waals surface area contributed by atoms with Gasteiger partial charge in [0.05, 0.1) is 0 Å². The molecule has 3 N–H and O–H groups in total. The molecule has 1 aliphatic heterocycles. The number of carboxylic acid groups (broad SMARTS) is 1. The smallest absolute Gasteiger partial charge is 0.317 e. The van der Waals surface area contributed by atoms with E-state index in [1.165, 1.54) is 0 Å². The molecule has 0 aromatic heterocycles. The zero-order valence-electron chi connectivity index (χ0n) is 11.5. The third-order valence-electron chi connectivity index (χ3n) is 3.71. The van der Waals surface area contributed by atoms with E-state index in [2.05, 4.69) is 5.32 Å². The van der Waals surface area contributed by atoms with Gasteiger partial charge in [-0.2, -0.15) is 0 Å². The van der Waals surface area contributed by atoms with Gasteiger partial charge in [0.1, 0.15) is 0 Å². The maximum atomic E-state index is 12.1. The molecular weight excluding hydrogens is 248 g/mol. The second kappa shape index (κ2) is 7.33. The molecule has 2 amide bonds. The van der Waals surface area contributed by atoms with Gasteiger partial charge in [0.25, 0.3) is 0 Å². The Kier molecular flexibility index (Phi) is 6.08. The summed E-state index contributed by atoms with van der Waals surface area (Å²) < 4.78 is 0. The summed E-state index contributed by atoms with van der Waals surface area (Å²) in [7, 11) is 0. The summed E-state index contributed by atoms with van der Waals surface area (Å²) in [5.74, 6) is -0.844. The van der Waals surface area contributed by atoms with Crippen LogP contribution >= 0.6 is 0 Å². The lowest BCUT2D eigenvalue weighted by Crippen LogP contribution is -2.50. The first kappa shape index (κ1) is 15.8. The molecule has 0 aliphatic carbocycles. The topological polar surface area (TPSA) is 89.9 Å². The van der Waals surface area contributed by atoms with Crippen LogP contribution in [0.2, 0.25) is 0 Å². The van der Waals surface area contributed by atoms with Gasteiger partial charge >= 0.3 is 12.0 Å². The van der Waals surface area contributed by atoms with E-state index in [9.17, 15) is 9.59 Å². The highest BCUT2D eigenvalue weighted by atomic mass is 16.4. The number of aliphatic hydroxyl groups is 1. The van der Waals surface area contributed by atoms with E-state index >= 15 is 0 Å². The molecule has 110 valence electrons. The van der Waals surface area contributed by atoms with Crippen LogP contribution in [-0.4, -0.2) is 52.3 Å². The number of carbonyl (C=O) groups is 2. The fourth-order valence-corrected chi connectivity index (χ4v) is 2.62. The van der Waals surface area contributed by atoms with E-state index in [4.69, 9.17) is 10.2 Å². The minimum Gasteiger partial charge on any atom is -0.481 e. The molecule has 19 heavy (non-hydrogen) atoms. The lowest BCUT2D eigenvalue weighted by atomic mass is 9.93. The van der Waals surface area contributed by atoms with Crippen molar-refractivity contribution in [3.63, 3.8) is 0 Å². The zero-order chi connectivity index (χ0) is 14.3. The Balaban J connectivity index is 2.39. The number of carboxylic acids is 1. The fourth-order valence-electron chi connectivity index (χ4n) is 2.62. The van der Waals surface area contributed by atoms with Crippen molar-refractivity contribution in [3.8, 4) is 0 Å². The van der Waals surface area contributed by atoms with Gasteiger partial charge < -0.3 is 20.4 Å². The quantitative estimate of drug-likeness (QED) is 0.607. The highest BCUT2D eigenvalue weighted by molar-refractivity contribution is 5.75. The standard InChI is InChI=1S/C13H24N2O4/c1-13(7-4-10-16)6-3-9-15(13)12(19)14-8-2-5-11(17)18/h16H,2-10H2,1H3,(H,14,19)(H,17,18). The molecule has 0 bridgehead atoms. The van der Waals surface area contributed by atoms with Crippen molar-refractivity contribution in [2.45, 2.75) is 51.0 Å². The molecule has 1 rings (SSSR count). The van der Waals surface area contributed by atoms with Gasteiger partial charge in [0.2, 0.25) is 0 Å². The second-order valence-electron chi connectivity index (χ2n) is 5.31. The Morgan fingerprint density at radius 2 is 2.11 bits per heavy atom. The molecule has 0 spiro atoms. The number of rotatable bonds is 7. The van der Waals surface area contributed by atoms with Crippen molar-refractivity contribution in [2.24, 2.45) is 0 Å². The molecule has 1 aliphatic rings. The van der Waals surface area contributed by atoms with Crippen molar-refractivity contribution < 1.29 is 19.8 Å². The average Bonchev–Trinajstić information content (AvgIpc) is 2.74. The Hall–Kier alpha value is -1.30. The third-order valence-corrected chi connectivity index (χ3v) is 3.71. The van der Waals surface area contributed by atoms with Gasteiger partial charge in [-0.3, -0.25) is 4.79 Å². The number of hydrogen-bond donors (Lipinski definition) is 3. The number of nitrogens with one attached hydrogen (secondary N) is 1. The molecule has 1 heterocycles. The zero-order valence-corrected chi connectivity index (χ0v) is 11.5. The Morgan fingerprint density at radius 1 is 1.37 bits per heavy atom. The van der Waals surface area contributed by atoms with Crippen LogP contribution in [-0.2, 0) is 4.79 Å². The molecule has 0 aromatic rings. The van der Waals surface area contributed by atoms with E-state index in [1.807, 2.05) is 11.8 Å². The highest BCUT2D eigenvalue weighted by Gasteiger charge is 2.38. The van der Waals surface area contributed by atoms with E-state index in [1.54, 1.807) is 0 Å². The van der Waals surface area contributed by atoms with Crippen LogP contribution in [0.4, 0.5) is 4.79 Å². The Labute approximate surface area is 113 Å². The summed E-state index contributed by atoms with van der Waals surface area (Å²) in [5, 5.41) is 20.2. The number of nitrogens with zero attached hydrogens (tertiary/aromatic N) is 1. The van der Waals surface area contributed by atoms with Crippen molar-refractivity contribution >= 4 is 12.0 Å². The summed E-state index contributed by atoms with van der Waals surface area (Å²) in [6.45, 7) is 3.31. The van der Waals surface area contributed by atoms with E-state index in [0.717, 1.165) is 25.8 Å². The number of carbonyl (C=O) groups excluding carboxylic acids is 1. The van der Waals surface area contributed by atoms with E-state index < -0.39 is 5.97 Å². The predicted octanol–water partition coefficient (Wildman–Crippen LogP) is 1.19. The van der Waals surface area contributed by atoms with Gasteiger partial charge in [0, 0.05) is 31.7 Å².